The molecule has 0 radical (unpaired) electrons. The van der Waals surface area contributed by atoms with Gasteiger partial charge in [-0.15, -0.1) is 11.3 Å². The van der Waals surface area contributed by atoms with Crippen molar-refractivity contribution in [1.82, 2.24) is 19.9 Å². The van der Waals surface area contributed by atoms with Crippen LogP contribution >= 0.6 is 11.3 Å². The monoisotopic (exact) mass is 512 g/mol. The quantitative estimate of drug-likeness (QED) is 0.311. The third kappa shape index (κ3) is 4.42. The van der Waals surface area contributed by atoms with Crippen LogP contribution in [0.4, 0.5) is 4.79 Å². The second-order valence-electron chi connectivity index (χ2n) is 9.09. The lowest BCUT2D eigenvalue weighted by molar-refractivity contribution is 0.113. The Hall–Kier alpha value is -4.24. The van der Waals surface area contributed by atoms with E-state index in [9.17, 15) is 9.90 Å². The standard InChI is InChI=1S/C28H24N4O4S/c1-16-10-20(25-22(11-16)30-24(35-2)13-29-25)27-31-21-8-9-23-19(26(21)37-27)12-18(36-23)15-32(28(33)34)14-17-6-4-3-5-7-17/h3-11,13,18H,12,14-15H2,1-2H3,(H,33,34)/t18-/m0/s1. The van der Waals surface area contributed by atoms with Gasteiger partial charge in [-0.05, 0) is 42.3 Å². The maximum absolute atomic E-state index is 12.0. The highest BCUT2D eigenvalue weighted by Gasteiger charge is 2.29. The van der Waals surface area contributed by atoms with Gasteiger partial charge in [-0.1, -0.05) is 30.3 Å². The molecule has 0 saturated heterocycles. The van der Waals surface area contributed by atoms with E-state index in [4.69, 9.17) is 14.5 Å². The Kier molecular flexibility index (Phi) is 5.84. The Balaban J connectivity index is 1.31. The van der Waals surface area contributed by atoms with Crippen LogP contribution in [-0.2, 0) is 13.0 Å². The smallest absolute Gasteiger partial charge is 0.407 e. The van der Waals surface area contributed by atoms with Gasteiger partial charge in [-0.3, -0.25) is 0 Å². The fourth-order valence-corrected chi connectivity index (χ4v) is 5.90. The summed E-state index contributed by atoms with van der Waals surface area (Å²) in [6.07, 6.45) is 1.02. The minimum absolute atomic E-state index is 0.260. The van der Waals surface area contributed by atoms with E-state index < -0.39 is 6.09 Å². The van der Waals surface area contributed by atoms with Crippen LogP contribution in [0.2, 0.25) is 0 Å². The van der Waals surface area contributed by atoms with Gasteiger partial charge >= 0.3 is 6.09 Å². The summed E-state index contributed by atoms with van der Waals surface area (Å²) in [5.74, 6) is 1.26. The van der Waals surface area contributed by atoms with Crippen molar-refractivity contribution in [2.75, 3.05) is 13.7 Å². The van der Waals surface area contributed by atoms with Gasteiger partial charge in [-0.25, -0.2) is 19.7 Å². The molecule has 1 aliphatic heterocycles. The first-order valence-corrected chi connectivity index (χ1v) is 12.7. The molecule has 0 spiro atoms. The predicted molar refractivity (Wildman–Crippen MR) is 142 cm³/mol. The molecule has 6 rings (SSSR count). The van der Waals surface area contributed by atoms with Gasteiger partial charge in [0.25, 0.3) is 0 Å². The van der Waals surface area contributed by atoms with E-state index in [1.54, 1.807) is 24.6 Å². The number of carbonyl (C=O) groups is 1. The number of hydrogen-bond donors (Lipinski definition) is 1. The normalized spacial score (nSPS) is 14.5. The molecule has 9 heteroatoms. The number of nitrogens with zero attached hydrogens (tertiary/aromatic N) is 4. The van der Waals surface area contributed by atoms with Crippen LogP contribution in [-0.4, -0.2) is 50.8 Å². The number of ether oxygens (including phenoxy) is 2. The van der Waals surface area contributed by atoms with Crippen molar-refractivity contribution in [3.63, 3.8) is 0 Å². The molecule has 37 heavy (non-hydrogen) atoms. The molecular formula is C28H24N4O4S. The lowest BCUT2D eigenvalue weighted by Crippen LogP contribution is -2.37. The molecule has 0 saturated carbocycles. The van der Waals surface area contributed by atoms with E-state index in [1.807, 2.05) is 55.5 Å². The van der Waals surface area contributed by atoms with E-state index >= 15 is 0 Å². The Morgan fingerprint density at radius 1 is 1.16 bits per heavy atom. The third-order valence-corrected chi connectivity index (χ3v) is 7.63. The Morgan fingerprint density at radius 3 is 2.78 bits per heavy atom. The van der Waals surface area contributed by atoms with Crippen LogP contribution in [0.3, 0.4) is 0 Å². The summed E-state index contributed by atoms with van der Waals surface area (Å²) in [4.78, 5) is 27.4. The van der Waals surface area contributed by atoms with Crippen LogP contribution < -0.4 is 9.47 Å². The van der Waals surface area contributed by atoms with Crippen molar-refractivity contribution in [1.29, 1.82) is 0 Å². The molecule has 186 valence electrons. The highest BCUT2D eigenvalue weighted by Crippen LogP contribution is 2.41. The predicted octanol–water partition coefficient (Wildman–Crippen LogP) is 5.71. The van der Waals surface area contributed by atoms with Gasteiger partial charge in [0.2, 0.25) is 5.88 Å². The summed E-state index contributed by atoms with van der Waals surface area (Å²) in [5, 5.41) is 10.7. The number of amides is 1. The molecule has 0 aliphatic carbocycles. The number of rotatable bonds is 6. The first-order chi connectivity index (χ1) is 18.0. The molecule has 1 atom stereocenters. The van der Waals surface area contributed by atoms with E-state index in [1.165, 1.54) is 4.90 Å². The molecule has 2 aromatic heterocycles. The zero-order valence-corrected chi connectivity index (χ0v) is 21.2. The highest BCUT2D eigenvalue weighted by molar-refractivity contribution is 7.22. The number of carboxylic acid groups (broad SMARTS) is 1. The molecule has 3 aromatic carbocycles. The lowest BCUT2D eigenvalue weighted by Gasteiger charge is -2.22. The van der Waals surface area contributed by atoms with Crippen molar-refractivity contribution >= 4 is 38.7 Å². The molecule has 1 amide bonds. The van der Waals surface area contributed by atoms with Crippen molar-refractivity contribution < 1.29 is 19.4 Å². The molecule has 3 heterocycles. The number of thiazole rings is 1. The lowest BCUT2D eigenvalue weighted by atomic mass is 10.1. The third-order valence-electron chi connectivity index (χ3n) is 6.46. The van der Waals surface area contributed by atoms with E-state index in [0.29, 0.717) is 18.8 Å². The van der Waals surface area contributed by atoms with Crippen LogP contribution in [0.5, 0.6) is 11.6 Å². The minimum Gasteiger partial charge on any atom is -0.488 e. The summed E-state index contributed by atoms with van der Waals surface area (Å²) in [6, 6.07) is 17.6. The largest absolute Gasteiger partial charge is 0.488 e. The van der Waals surface area contributed by atoms with Gasteiger partial charge in [-0.2, -0.15) is 0 Å². The van der Waals surface area contributed by atoms with Crippen molar-refractivity contribution in [3.8, 4) is 22.2 Å². The van der Waals surface area contributed by atoms with Gasteiger partial charge in [0.15, 0.2) is 0 Å². The molecular weight excluding hydrogens is 488 g/mol. The Labute approximate surface area is 217 Å². The van der Waals surface area contributed by atoms with Gasteiger partial charge < -0.3 is 19.5 Å². The maximum Gasteiger partial charge on any atom is 0.407 e. The molecule has 8 nitrogen and oxygen atoms in total. The number of methoxy groups -OCH3 is 1. The number of aryl methyl sites for hydroxylation is 1. The van der Waals surface area contributed by atoms with E-state index in [0.717, 1.165) is 54.3 Å². The molecule has 0 bridgehead atoms. The SMILES string of the molecule is COc1cnc2c(-c3nc4ccc5c(c4s3)C[C@@H](CN(Cc3ccccc3)C(=O)O)O5)cc(C)cc2n1. The highest BCUT2D eigenvalue weighted by atomic mass is 32.1. The Morgan fingerprint density at radius 2 is 2.00 bits per heavy atom. The zero-order valence-electron chi connectivity index (χ0n) is 20.3. The molecule has 1 aliphatic rings. The zero-order chi connectivity index (χ0) is 25.5. The summed E-state index contributed by atoms with van der Waals surface area (Å²) in [7, 11) is 1.58. The minimum atomic E-state index is -0.960. The average Bonchev–Trinajstić information content (AvgIpc) is 3.51. The number of benzene rings is 3. The molecule has 0 unspecified atom stereocenters. The van der Waals surface area contributed by atoms with Crippen molar-refractivity contribution in [3.05, 3.63) is 77.5 Å². The molecule has 5 aromatic rings. The van der Waals surface area contributed by atoms with Gasteiger partial charge in [0.1, 0.15) is 16.9 Å². The van der Waals surface area contributed by atoms with Gasteiger partial charge in [0.05, 0.1) is 41.1 Å². The maximum atomic E-state index is 12.0. The fourth-order valence-electron chi connectivity index (χ4n) is 4.77. The van der Waals surface area contributed by atoms with Crippen LogP contribution in [0.15, 0.2) is 60.8 Å². The summed E-state index contributed by atoms with van der Waals surface area (Å²) < 4.78 is 12.5. The van der Waals surface area contributed by atoms with E-state index in [-0.39, 0.29) is 12.6 Å². The number of fused-ring (bicyclic) bond motifs is 4. The second-order valence-corrected chi connectivity index (χ2v) is 10.1. The van der Waals surface area contributed by atoms with Crippen LogP contribution in [0.1, 0.15) is 16.7 Å². The first-order valence-electron chi connectivity index (χ1n) is 11.9. The summed E-state index contributed by atoms with van der Waals surface area (Å²) in [6.45, 7) is 2.63. The topological polar surface area (TPSA) is 97.7 Å². The fraction of sp³-hybridized carbons (Fsp3) is 0.214. The van der Waals surface area contributed by atoms with Crippen LogP contribution in [0, 0.1) is 6.92 Å². The van der Waals surface area contributed by atoms with Crippen molar-refractivity contribution in [2.24, 2.45) is 0 Å². The van der Waals surface area contributed by atoms with Crippen LogP contribution in [0.25, 0.3) is 31.8 Å². The summed E-state index contributed by atoms with van der Waals surface area (Å²) in [5.41, 5.74) is 6.42. The molecule has 0 fully saturated rings. The number of hydrogen-bond acceptors (Lipinski definition) is 7. The summed E-state index contributed by atoms with van der Waals surface area (Å²) >= 11 is 1.60. The first kappa shape index (κ1) is 23.2. The average molecular weight is 513 g/mol. The van der Waals surface area contributed by atoms with Gasteiger partial charge in [0, 0.05) is 24.1 Å². The van der Waals surface area contributed by atoms with Crippen molar-refractivity contribution in [2.45, 2.75) is 26.0 Å². The number of aromatic nitrogens is 3. The van der Waals surface area contributed by atoms with E-state index in [2.05, 4.69) is 16.0 Å². The Bertz CT molecular complexity index is 1640. The molecule has 1 N–H and O–H groups in total. The second kappa shape index (κ2) is 9.33.